The topological polar surface area (TPSA) is 96.0 Å². The lowest BCUT2D eigenvalue weighted by atomic mass is 10.0. The average molecular weight is 586 g/mol. The van der Waals surface area contributed by atoms with Gasteiger partial charge in [0.25, 0.3) is 10.0 Å². The molecule has 1 atom stereocenters. The zero-order chi connectivity index (χ0) is 30.0. The lowest BCUT2D eigenvalue weighted by molar-refractivity contribution is -0.139. The predicted molar refractivity (Wildman–Crippen MR) is 164 cm³/mol. The van der Waals surface area contributed by atoms with Gasteiger partial charge in [0.1, 0.15) is 18.3 Å². The standard InChI is InChI=1S/C33H35N3O5S/c1-3-41-31-22-14-13-21-29(31)36(42(39,40)28-19-11-6-12-20-28)25-32(37)35(24-27-17-9-5-10-18-27)30(33(38)34-2)23-26-15-7-4-8-16-26/h4-22,30H,3,23-25H2,1-2H3,(H,34,38). The Hall–Kier alpha value is -4.63. The van der Waals surface area contributed by atoms with Gasteiger partial charge >= 0.3 is 0 Å². The summed E-state index contributed by atoms with van der Waals surface area (Å²) in [6, 6.07) is 32.5. The number of sulfonamides is 1. The Morgan fingerprint density at radius 2 is 1.33 bits per heavy atom. The molecule has 2 amide bonds. The lowest BCUT2D eigenvalue weighted by Gasteiger charge is -2.34. The van der Waals surface area contributed by atoms with Gasteiger partial charge in [-0.05, 0) is 42.3 Å². The highest BCUT2D eigenvalue weighted by Gasteiger charge is 2.35. The molecule has 218 valence electrons. The molecule has 0 spiro atoms. The van der Waals surface area contributed by atoms with E-state index in [-0.39, 0.29) is 29.5 Å². The number of nitrogens with zero attached hydrogens (tertiary/aromatic N) is 2. The van der Waals surface area contributed by atoms with E-state index in [1.54, 1.807) is 49.4 Å². The van der Waals surface area contributed by atoms with E-state index in [0.29, 0.717) is 12.4 Å². The van der Waals surface area contributed by atoms with Crippen LogP contribution in [0.15, 0.2) is 120 Å². The van der Waals surface area contributed by atoms with E-state index >= 15 is 0 Å². The first-order valence-electron chi connectivity index (χ1n) is 13.7. The molecular weight excluding hydrogens is 550 g/mol. The van der Waals surface area contributed by atoms with E-state index in [2.05, 4.69) is 5.32 Å². The molecular formula is C33H35N3O5S. The second-order valence-electron chi connectivity index (χ2n) is 9.55. The lowest BCUT2D eigenvalue weighted by Crippen LogP contribution is -2.53. The molecule has 1 unspecified atom stereocenters. The molecule has 0 radical (unpaired) electrons. The van der Waals surface area contributed by atoms with Crippen LogP contribution in [0.1, 0.15) is 18.1 Å². The van der Waals surface area contributed by atoms with Gasteiger partial charge in [-0.25, -0.2) is 8.42 Å². The Labute approximate surface area is 247 Å². The van der Waals surface area contributed by atoms with Crippen LogP contribution in [0, 0.1) is 0 Å². The van der Waals surface area contributed by atoms with Crippen molar-refractivity contribution in [1.29, 1.82) is 0 Å². The smallest absolute Gasteiger partial charge is 0.264 e. The zero-order valence-corrected chi connectivity index (χ0v) is 24.5. The molecule has 9 heteroatoms. The number of hydrogen-bond acceptors (Lipinski definition) is 5. The molecule has 0 saturated heterocycles. The highest BCUT2D eigenvalue weighted by Crippen LogP contribution is 2.33. The van der Waals surface area contributed by atoms with E-state index in [1.807, 2.05) is 60.7 Å². The van der Waals surface area contributed by atoms with Crippen LogP contribution in [0.25, 0.3) is 0 Å². The van der Waals surface area contributed by atoms with Crippen molar-refractivity contribution in [2.24, 2.45) is 0 Å². The summed E-state index contributed by atoms with van der Waals surface area (Å²) in [5.74, 6) is -0.557. The fourth-order valence-electron chi connectivity index (χ4n) is 4.67. The fraction of sp³-hybridized carbons (Fsp3) is 0.212. The number of carbonyl (C=O) groups is 2. The minimum atomic E-state index is -4.20. The summed E-state index contributed by atoms with van der Waals surface area (Å²) < 4.78 is 35.0. The van der Waals surface area contributed by atoms with Crippen LogP contribution in [-0.2, 0) is 32.6 Å². The average Bonchev–Trinajstić information content (AvgIpc) is 3.03. The zero-order valence-electron chi connectivity index (χ0n) is 23.7. The monoisotopic (exact) mass is 585 g/mol. The van der Waals surface area contributed by atoms with Crippen molar-refractivity contribution in [1.82, 2.24) is 10.2 Å². The molecule has 0 saturated carbocycles. The fourth-order valence-corrected chi connectivity index (χ4v) is 6.12. The highest BCUT2D eigenvalue weighted by molar-refractivity contribution is 7.92. The van der Waals surface area contributed by atoms with Crippen molar-refractivity contribution in [3.63, 3.8) is 0 Å². The summed E-state index contributed by atoms with van der Waals surface area (Å²) in [5, 5.41) is 2.69. The van der Waals surface area contributed by atoms with E-state index in [0.717, 1.165) is 15.4 Å². The third-order valence-corrected chi connectivity index (χ3v) is 8.53. The van der Waals surface area contributed by atoms with Gasteiger partial charge in [-0.2, -0.15) is 0 Å². The summed E-state index contributed by atoms with van der Waals surface area (Å²) in [6.45, 7) is 1.67. The van der Waals surface area contributed by atoms with E-state index in [4.69, 9.17) is 4.74 Å². The normalized spacial score (nSPS) is 11.8. The number of para-hydroxylation sites is 2. The minimum Gasteiger partial charge on any atom is -0.492 e. The molecule has 42 heavy (non-hydrogen) atoms. The first-order chi connectivity index (χ1) is 20.3. The third kappa shape index (κ3) is 7.36. The van der Waals surface area contributed by atoms with Gasteiger partial charge in [0, 0.05) is 20.0 Å². The molecule has 0 aromatic heterocycles. The largest absolute Gasteiger partial charge is 0.492 e. The third-order valence-electron chi connectivity index (χ3n) is 6.76. The van der Waals surface area contributed by atoms with Crippen LogP contribution in [0.5, 0.6) is 5.75 Å². The van der Waals surface area contributed by atoms with Gasteiger partial charge in [0.15, 0.2) is 0 Å². The predicted octanol–water partition coefficient (Wildman–Crippen LogP) is 4.67. The summed E-state index contributed by atoms with van der Waals surface area (Å²) in [6.07, 6.45) is 0.250. The first-order valence-corrected chi connectivity index (χ1v) is 15.2. The number of ether oxygens (including phenoxy) is 1. The quantitative estimate of drug-likeness (QED) is 0.246. The second-order valence-corrected chi connectivity index (χ2v) is 11.4. The van der Waals surface area contributed by atoms with Gasteiger partial charge in [0.2, 0.25) is 11.8 Å². The van der Waals surface area contributed by atoms with Gasteiger partial charge in [-0.15, -0.1) is 0 Å². The maximum Gasteiger partial charge on any atom is 0.264 e. The molecule has 0 heterocycles. The Morgan fingerprint density at radius 1 is 0.786 bits per heavy atom. The van der Waals surface area contributed by atoms with Crippen molar-refractivity contribution >= 4 is 27.5 Å². The maximum absolute atomic E-state index is 14.3. The van der Waals surface area contributed by atoms with Gasteiger partial charge in [-0.1, -0.05) is 91.0 Å². The molecule has 8 nitrogen and oxygen atoms in total. The summed E-state index contributed by atoms with van der Waals surface area (Å²) >= 11 is 0. The first kappa shape index (κ1) is 30.3. The number of anilines is 1. The van der Waals surface area contributed by atoms with Crippen molar-refractivity contribution < 1.29 is 22.7 Å². The van der Waals surface area contributed by atoms with Crippen molar-refractivity contribution in [2.75, 3.05) is 24.5 Å². The number of likely N-dealkylation sites (N-methyl/N-ethyl adjacent to an activating group) is 1. The molecule has 4 aromatic carbocycles. The molecule has 0 aliphatic heterocycles. The molecule has 0 bridgehead atoms. The molecule has 0 fully saturated rings. The second kappa shape index (κ2) is 14.3. The van der Waals surface area contributed by atoms with E-state index in [1.165, 1.54) is 24.1 Å². The summed E-state index contributed by atoms with van der Waals surface area (Å²) in [4.78, 5) is 29.1. The molecule has 4 aromatic rings. The van der Waals surface area contributed by atoms with Crippen LogP contribution in [-0.4, -0.2) is 51.4 Å². The number of carbonyl (C=O) groups excluding carboxylic acids is 2. The van der Waals surface area contributed by atoms with Crippen LogP contribution >= 0.6 is 0 Å². The highest BCUT2D eigenvalue weighted by atomic mass is 32.2. The Balaban J connectivity index is 1.80. The summed E-state index contributed by atoms with van der Waals surface area (Å²) in [7, 11) is -2.68. The maximum atomic E-state index is 14.3. The van der Waals surface area contributed by atoms with Crippen LogP contribution < -0.4 is 14.4 Å². The molecule has 4 rings (SSSR count). The molecule has 0 aliphatic carbocycles. The number of benzene rings is 4. The van der Waals surface area contributed by atoms with Crippen molar-refractivity contribution in [3.8, 4) is 5.75 Å². The summed E-state index contributed by atoms with van der Waals surface area (Å²) in [5.41, 5.74) is 1.91. The number of amides is 2. The molecule has 0 aliphatic rings. The van der Waals surface area contributed by atoms with Crippen molar-refractivity contribution in [3.05, 3.63) is 126 Å². The number of nitrogens with one attached hydrogen (secondary N) is 1. The van der Waals surface area contributed by atoms with Crippen LogP contribution in [0.2, 0.25) is 0 Å². The minimum absolute atomic E-state index is 0.0332. The van der Waals surface area contributed by atoms with Gasteiger partial charge in [-0.3, -0.25) is 13.9 Å². The van der Waals surface area contributed by atoms with Crippen LogP contribution in [0.3, 0.4) is 0 Å². The SMILES string of the molecule is CCOc1ccccc1N(CC(=O)N(Cc1ccccc1)C(Cc1ccccc1)C(=O)NC)S(=O)(=O)c1ccccc1. The van der Waals surface area contributed by atoms with E-state index in [9.17, 15) is 18.0 Å². The van der Waals surface area contributed by atoms with Crippen LogP contribution in [0.4, 0.5) is 5.69 Å². The molecule has 1 N–H and O–H groups in total. The van der Waals surface area contributed by atoms with E-state index < -0.39 is 28.5 Å². The Bertz CT molecular complexity index is 1570. The number of hydrogen-bond donors (Lipinski definition) is 1. The number of rotatable bonds is 13. The Morgan fingerprint density at radius 3 is 1.93 bits per heavy atom. The van der Waals surface area contributed by atoms with Crippen molar-refractivity contribution in [2.45, 2.75) is 30.8 Å². The Kier molecular flexibility index (Phi) is 10.3. The van der Waals surface area contributed by atoms with Gasteiger partial charge < -0.3 is 15.0 Å². The van der Waals surface area contributed by atoms with Gasteiger partial charge in [0.05, 0.1) is 17.2 Å².